The van der Waals surface area contributed by atoms with E-state index in [1.807, 2.05) is 13.8 Å². The first-order valence-electron chi connectivity index (χ1n) is 6.29. The first-order valence-corrected chi connectivity index (χ1v) is 8.82. The molecule has 1 N–H and O–H groups in total. The van der Waals surface area contributed by atoms with E-state index < -0.39 is 9.84 Å². The molecule has 0 aromatic carbocycles. The van der Waals surface area contributed by atoms with E-state index in [-0.39, 0.29) is 11.3 Å². The maximum Gasteiger partial charge on any atom is 0.154 e. The molecule has 18 heavy (non-hydrogen) atoms. The highest BCUT2D eigenvalue weighted by atomic mass is 32.2. The smallest absolute Gasteiger partial charge is 0.154 e. The molecule has 0 amide bonds. The van der Waals surface area contributed by atoms with Gasteiger partial charge in [0.05, 0.1) is 21.7 Å². The summed E-state index contributed by atoms with van der Waals surface area (Å²) in [6.07, 6.45) is 1.59. The van der Waals surface area contributed by atoms with Crippen molar-refractivity contribution in [3.63, 3.8) is 0 Å². The summed E-state index contributed by atoms with van der Waals surface area (Å²) in [5, 5.41) is 4.17. The first kappa shape index (κ1) is 14.0. The van der Waals surface area contributed by atoms with Gasteiger partial charge in [0.15, 0.2) is 9.84 Å². The van der Waals surface area contributed by atoms with E-state index in [4.69, 9.17) is 0 Å². The molecule has 4 nitrogen and oxygen atoms in total. The highest BCUT2D eigenvalue weighted by Gasteiger charge is 2.31. The second-order valence-electron chi connectivity index (χ2n) is 4.94. The zero-order chi connectivity index (χ0) is 13.3. The lowest BCUT2D eigenvalue weighted by Gasteiger charge is -2.16. The van der Waals surface area contributed by atoms with Crippen LogP contribution in [0, 0.1) is 13.8 Å². The number of aryl methyl sites for hydroxylation is 2. The highest BCUT2D eigenvalue weighted by molar-refractivity contribution is 7.92. The van der Waals surface area contributed by atoms with Crippen molar-refractivity contribution < 1.29 is 8.42 Å². The van der Waals surface area contributed by atoms with Crippen molar-refractivity contribution in [2.45, 2.75) is 44.9 Å². The number of aromatic nitrogens is 1. The maximum absolute atomic E-state index is 11.7. The van der Waals surface area contributed by atoms with Crippen LogP contribution in [-0.4, -0.2) is 30.9 Å². The summed E-state index contributed by atoms with van der Waals surface area (Å²) in [5.41, 5.74) is 1.05. The molecule has 2 atom stereocenters. The van der Waals surface area contributed by atoms with Gasteiger partial charge >= 0.3 is 0 Å². The Hall–Kier alpha value is -0.460. The average molecular weight is 288 g/mol. The van der Waals surface area contributed by atoms with Crippen LogP contribution in [0.15, 0.2) is 0 Å². The third kappa shape index (κ3) is 2.92. The molecule has 0 radical (unpaired) electrons. The van der Waals surface area contributed by atoms with Gasteiger partial charge in [-0.15, -0.1) is 11.3 Å². The number of rotatable bonds is 4. The number of hydrogen-bond acceptors (Lipinski definition) is 5. The zero-order valence-electron chi connectivity index (χ0n) is 11.1. The average Bonchev–Trinajstić information content (AvgIpc) is 2.78. The van der Waals surface area contributed by atoms with E-state index >= 15 is 0 Å². The molecule has 1 aliphatic heterocycles. The van der Waals surface area contributed by atoms with Crippen molar-refractivity contribution in [2.24, 2.45) is 0 Å². The number of sulfone groups is 1. The summed E-state index contributed by atoms with van der Waals surface area (Å²) < 4.78 is 23.5. The SMILES string of the molecule is Cc1nc(C(C)NCC2CCCS2(=O)=O)c(C)s1. The Balaban J connectivity index is 1.96. The molecule has 1 aromatic heterocycles. The minimum Gasteiger partial charge on any atom is -0.308 e. The molecule has 2 rings (SSSR count). The minimum atomic E-state index is -2.85. The van der Waals surface area contributed by atoms with Crippen LogP contribution in [0.3, 0.4) is 0 Å². The zero-order valence-corrected chi connectivity index (χ0v) is 12.7. The predicted octanol–water partition coefficient (Wildman–Crippen LogP) is 1.99. The quantitative estimate of drug-likeness (QED) is 0.920. The van der Waals surface area contributed by atoms with Gasteiger partial charge in [-0.3, -0.25) is 0 Å². The molecule has 102 valence electrons. The summed E-state index contributed by atoms with van der Waals surface area (Å²) in [7, 11) is -2.85. The van der Waals surface area contributed by atoms with Crippen molar-refractivity contribution in [1.82, 2.24) is 10.3 Å². The van der Waals surface area contributed by atoms with Gasteiger partial charge in [-0.25, -0.2) is 13.4 Å². The molecule has 0 aliphatic carbocycles. The molecule has 1 aromatic rings. The fourth-order valence-corrected chi connectivity index (χ4v) is 5.13. The second kappa shape index (κ2) is 5.27. The van der Waals surface area contributed by atoms with E-state index in [0.29, 0.717) is 12.3 Å². The molecule has 0 bridgehead atoms. The van der Waals surface area contributed by atoms with E-state index in [1.54, 1.807) is 11.3 Å². The fourth-order valence-electron chi connectivity index (χ4n) is 2.44. The molecule has 2 unspecified atom stereocenters. The minimum absolute atomic E-state index is 0.116. The normalized spacial score (nSPS) is 24.3. The van der Waals surface area contributed by atoms with Crippen LogP contribution < -0.4 is 5.32 Å². The van der Waals surface area contributed by atoms with E-state index in [9.17, 15) is 8.42 Å². The molecular formula is C12H20N2O2S2. The Morgan fingerprint density at radius 3 is 2.72 bits per heavy atom. The lowest BCUT2D eigenvalue weighted by atomic mass is 10.2. The van der Waals surface area contributed by atoms with Crippen molar-refractivity contribution in [3.8, 4) is 0 Å². The highest BCUT2D eigenvalue weighted by Crippen LogP contribution is 2.24. The Morgan fingerprint density at radius 1 is 1.50 bits per heavy atom. The van der Waals surface area contributed by atoms with E-state index in [0.717, 1.165) is 23.5 Å². The van der Waals surface area contributed by atoms with Gasteiger partial charge in [-0.1, -0.05) is 0 Å². The van der Waals surface area contributed by atoms with Gasteiger partial charge in [0.2, 0.25) is 0 Å². The number of nitrogens with one attached hydrogen (secondary N) is 1. The topological polar surface area (TPSA) is 59.1 Å². The van der Waals surface area contributed by atoms with Gasteiger partial charge in [0.1, 0.15) is 0 Å². The van der Waals surface area contributed by atoms with Crippen LogP contribution in [0.1, 0.15) is 41.4 Å². The molecule has 6 heteroatoms. The summed E-state index contributed by atoms with van der Waals surface area (Å²) in [4.78, 5) is 5.71. The number of nitrogens with zero attached hydrogens (tertiary/aromatic N) is 1. The van der Waals surface area contributed by atoms with Crippen molar-refractivity contribution in [1.29, 1.82) is 0 Å². The van der Waals surface area contributed by atoms with Crippen LogP contribution in [0.25, 0.3) is 0 Å². The van der Waals surface area contributed by atoms with Gasteiger partial charge in [0, 0.05) is 17.5 Å². The molecule has 0 saturated carbocycles. The summed E-state index contributed by atoms with van der Waals surface area (Å²) in [5.74, 6) is 0.350. The van der Waals surface area contributed by atoms with Crippen LogP contribution in [0.4, 0.5) is 0 Å². The van der Waals surface area contributed by atoms with E-state index in [2.05, 4.69) is 17.2 Å². The Bertz CT molecular complexity index is 522. The van der Waals surface area contributed by atoms with Crippen molar-refractivity contribution in [3.05, 3.63) is 15.6 Å². The second-order valence-corrected chi connectivity index (χ2v) is 8.74. The van der Waals surface area contributed by atoms with Crippen LogP contribution in [-0.2, 0) is 9.84 Å². The third-order valence-electron chi connectivity index (χ3n) is 3.46. The van der Waals surface area contributed by atoms with Crippen molar-refractivity contribution in [2.75, 3.05) is 12.3 Å². The fraction of sp³-hybridized carbons (Fsp3) is 0.750. The van der Waals surface area contributed by atoms with Gasteiger partial charge in [-0.05, 0) is 33.6 Å². The summed E-state index contributed by atoms with van der Waals surface area (Å²) in [6.45, 7) is 6.64. The molecule has 1 fully saturated rings. The summed E-state index contributed by atoms with van der Waals surface area (Å²) >= 11 is 1.69. The van der Waals surface area contributed by atoms with Gasteiger partial charge in [0.25, 0.3) is 0 Å². The molecule has 0 spiro atoms. The molecular weight excluding hydrogens is 268 g/mol. The van der Waals surface area contributed by atoms with Crippen LogP contribution in [0.2, 0.25) is 0 Å². The van der Waals surface area contributed by atoms with Crippen LogP contribution >= 0.6 is 11.3 Å². The van der Waals surface area contributed by atoms with Crippen LogP contribution in [0.5, 0.6) is 0 Å². The Morgan fingerprint density at radius 2 is 2.22 bits per heavy atom. The standard InChI is InChI=1S/C12H20N2O2S2/c1-8(12-9(2)17-10(3)14-12)13-7-11-5-4-6-18(11,15)16/h8,11,13H,4-7H2,1-3H3. The Kier molecular flexibility index (Phi) is 4.08. The lowest BCUT2D eigenvalue weighted by Crippen LogP contribution is -2.32. The third-order valence-corrected chi connectivity index (χ3v) is 6.64. The van der Waals surface area contributed by atoms with E-state index in [1.165, 1.54) is 4.88 Å². The monoisotopic (exact) mass is 288 g/mol. The molecule has 1 saturated heterocycles. The van der Waals surface area contributed by atoms with Gasteiger partial charge < -0.3 is 5.32 Å². The predicted molar refractivity (Wildman–Crippen MR) is 74.8 cm³/mol. The maximum atomic E-state index is 11.7. The largest absolute Gasteiger partial charge is 0.308 e. The molecule has 2 heterocycles. The number of hydrogen-bond donors (Lipinski definition) is 1. The summed E-state index contributed by atoms with van der Waals surface area (Å²) in [6, 6.07) is 0.116. The number of thiazole rings is 1. The van der Waals surface area contributed by atoms with Crippen molar-refractivity contribution >= 4 is 21.2 Å². The first-order chi connectivity index (χ1) is 8.40. The molecule has 1 aliphatic rings. The lowest BCUT2D eigenvalue weighted by molar-refractivity contribution is 0.531. The van der Waals surface area contributed by atoms with Gasteiger partial charge in [-0.2, -0.15) is 0 Å². The Labute approximate surface area is 113 Å².